The number of ether oxygens (including phenoxy) is 1. The van der Waals surface area contributed by atoms with Gasteiger partial charge >= 0.3 is 0 Å². The number of nitrogens with one attached hydrogen (secondary N) is 2. The summed E-state index contributed by atoms with van der Waals surface area (Å²) >= 11 is 0. The molecule has 4 rings (SSSR count). The highest BCUT2D eigenvalue weighted by Gasteiger charge is 2.44. The topological polar surface area (TPSA) is 92.5 Å². The minimum absolute atomic E-state index is 0.0489. The van der Waals surface area contributed by atoms with E-state index >= 15 is 0 Å². The van der Waals surface area contributed by atoms with Crippen LogP contribution in [0.2, 0.25) is 0 Å². The molecule has 1 fully saturated rings. The molecule has 1 amide bonds. The van der Waals surface area contributed by atoms with E-state index in [9.17, 15) is 4.79 Å². The van der Waals surface area contributed by atoms with Crippen molar-refractivity contribution in [1.29, 1.82) is 0 Å². The summed E-state index contributed by atoms with van der Waals surface area (Å²) in [6.45, 7) is 2.51. The van der Waals surface area contributed by atoms with Crippen LogP contribution in [0.5, 0.6) is 0 Å². The van der Waals surface area contributed by atoms with Crippen molar-refractivity contribution >= 4 is 17.3 Å². The van der Waals surface area contributed by atoms with Crippen LogP contribution in [0.15, 0.2) is 28.8 Å². The molecule has 8 heteroatoms. The van der Waals surface area contributed by atoms with Crippen LogP contribution in [0.1, 0.15) is 24.6 Å². The van der Waals surface area contributed by atoms with Gasteiger partial charge in [0.25, 0.3) is 5.89 Å². The SMILES string of the molecule is COCc1nc(CN2CCC3(CC2)Nc2ccccc2NC3=O)no1. The molecule has 2 N–H and O–H groups in total. The lowest BCUT2D eigenvalue weighted by Gasteiger charge is -2.44. The molecule has 1 saturated heterocycles. The number of benzene rings is 1. The molecule has 8 nitrogen and oxygen atoms in total. The fourth-order valence-corrected chi connectivity index (χ4v) is 3.44. The molecule has 25 heavy (non-hydrogen) atoms. The Balaban J connectivity index is 1.40. The Morgan fingerprint density at radius 1 is 1.28 bits per heavy atom. The van der Waals surface area contributed by atoms with Crippen molar-refractivity contribution in [1.82, 2.24) is 15.0 Å². The largest absolute Gasteiger partial charge is 0.375 e. The number of fused-ring (bicyclic) bond motifs is 1. The number of nitrogens with zero attached hydrogens (tertiary/aromatic N) is 3. The van der Waals surface area contributed by atoms with E-state index in [1.807, 2.05) is 24.3 Å². The average molecular weight is 343 g/mol. The number of carbonyl (C=O) groups excluding carboxylic acids is 1. The maximum absolute atomic E-state index is 12.6. The van der Waals surface area contributed by atoms with Crippen molar-refractivity contribution < 1.29 is 14.1 Å². The lowest BCUT2D eigenvalue weighted by Crippen LogP contribution is -2.58. The van der Waals surface area contributed by atoms with Crippen molar-refractivity contribution in [3.05, 3.63) is 36.0 Å². The molecule has 132 valence electrons. The molecule has 1 aromatic carbocycles. The maximum Gasteiger partial charge on any atom is 0.252 e. The first kappa shape index (κ1) is 16.0. The Hall–Kier alpha value is -2.45. The van der Waals surface area contributed by atoms with E-state index in [0.717, 1.165) is 37.3 Å². The first-order chi connectivity index (χ1) is 12.2. The van der Waals surface area contributed by atoms with Gasteiger partial charge in [-0.3, -0.25) is 9.69 Å². The number of aromatic nitrogens is 2. The van der Waals surface area contributed by atoms with E-state index in [1.165, 1.54) is 0 Å². The number of amides is 1. The van der Waals surface area contributed by atoms with Crippen molar-refractivity contribution in [2.24, 2.45) is 0 Å². The number of hydrogen-bond acceptors (Lipinski definition) is 7. The number of likely N-dealkylation sites (tertiary alicyclic amines) is 1. The highest BCUT2D eigenvalue weighted by molar-refractivity contribution is 6.06. The summed E-state index contributed by atoms with van der Waals surface area (Å²) in [6.07, 6.45) is 1.46. The van der Waals surface area contributed by atoms with Gasteiger partial charge in [0.2, 0.25) is 5.91 Å². The zero-order valence-corrected chi connectivity index (χ0v) is 14.1. The first-order valence-electron chi connectivity index (χ1n) is 8.40. The van der Waals surface area contributed by atoms with Crippen LogP contribution in [0.3, 0.4) is 0 Å². The van der Waals surface area contributed by atoms with E-state index in [0.29, 0.717) is 24.9 Å². The average Bonchev–Trinajstić information content (AvgIpc) is 3.05. The molecule has 2 aliphatic rings. The van der Waals surface area contributed by atoms with Crippen LogP contribution in [0, 0.1) is 0 Å². The van der Waals surface area contributed by atoms with Gasteiger partial charge < -0.3 is 19.9 Å². The molecular formula is C17H21N5O3. The number of piperidine rings is 1. The number of carbonyl (C=O) groups is 1. The van der Waals surface area contributed by atoms with Crippen LogP contribution < -0.4 is 10.6 Å². The van der Waals surface area contributed by atoms with E-state index in [4.69, 9.17) is 9.26 Å². The molecular weight excluding hydrogens is 322 g/mol. The summed E-state index contributed by atoms with van der Waals surface area (Å²) in [5.74, 6) is 1.18. The van der Waals surface area contributed by atoms with Gasteiger partial charge in [0.1, 0.15) is 12.1 Å². The molecule has 0 saturated carbocycles. The standard InChI is InChI=1S/C17H21N5O3/c1-24-11-15-19-14(21-25-15)10-22-8-6-17(7-9-22)16(23)18-12-4-2-3-5-13(12)20-17/h2-5,20H,6-11H2,1H3,(H,18,23). The predicted molar refractivity (Wildman–Crippen MR) is 90.9 cm³/mol. The zero-order chi connectivity index (χ0) is 17.3. The molecule has 0 radical (unpaired) electrons. The predicted octanol–water partition coefficient (Wildman–Crippen LogP) is 1.61. The van der Waals surface area contributed by atoms with Crippen LogP contribution in [-0.4, -0.2) is 46.7 Å². The van der Waals surface area contributed by atoms with Crippen LogP contribution in [0.25, 0.3) is 0 Å². The third kappa shape index (κ3) is 3.10. The Morgan fingerprint density at radius 2 is 2.04 bits per heavy atom. The van der Waals surface area contributed by atoms with Gasteiger partial charge in [-0.2, -0.15) is 4.98 Å². The maximum atomic E-state index is 12.6. The second-order valence-electron chi connectivity index (χ2n) is 6.52. The van der Waals surface area contributed by atoms with Gasteiger partial charge in [-0.15, -0.1) is 0 Å². The van der Waals surface area contributed by atoms with Crippen molar-refractivity contribution in [3.8, 4) is 0 Å². The number of methoxy groups -OCH3 is 1. The highest BCUT2D eigenvalue weighted by Crippen LogP contribution is 2.36. The van der Waals surface area contributed by atoms with Crippen LogP contribution >= 0.6 is 0 Å². The number of hydrogen-bond donors (Lipinski definition) is 2. The van der Waals surface area contributed by atoms with Crippen molar-refractivity contribution in [3.63, 3.8) is 0 Å². The number of anilines is 2. The molecule has 1 aromatic heterocycles. The Kier molecular flexibility index (Phi) is 4.14. The second-order valence-corrected chi connectivity index (χ2v) is 6.52. The van der Waals surface area contributed by atoms with E-state index < -0.39 is 5.54 Å². The number of para-hydroxylation sites is 2. The fourth-order valence-electron chi connectivity index (χ4n) is 3.44. The third-order valence-electron chi connectivity index (χ3n) is 4.84. The minimum atomic E-state index is -0.538. The molecule has 0 bridgehead atoms. The second kappa shape index (κ2) is 6.45. The Labute approximate surface area is 145 Å². The van der Waals surface area contributed by atoms with Crippen molar-refractivity contribution in [2.45, 2.75) is 31.5 Å². The number of rotatable bonds is 4. The molecule has 1 spiro atoms. The summed E-state index contributed by atoms with van der Waals surface area (Å²) in [5.41, 5.74) is 1.29. The van der Waals surface area contributed by atoms with Gasteiger partial charge in [-0.05, 0) is 25.0 Å². The van der Waals surface area contributed by atoms with Gasteiger partial charge in [-0.25, -0.2) is 0 Å². The Bertz CT molecular complexity index is 767. The molecule has 0 aliphatic carbocycles. The molecule has 3 heterocycles. The lowest BCUT2D eigenvalue weighted by molar-refractivity contribution is -0.122. The molecule has 2 aliphatic heterocycles. The van der Waals surface area contributed by atoms with Gasteiger partial charge in [0.15, 0.2) is 5.82 Å². The quantitative estimate of drug-likeness (QED) is 0.871. The van der Waals surface area contributed by atoms with Crippen molar-refractivity contribution in [2.75, 3.05) is 30.8 Å². The zero-order valence-electron chi connectivity index (χ0n) is 14.1. The summed E-state index contributed by atoms with van der Waals surface area (Å²) in [6, 6.07) is 7.81. The van der Waals surface area contributed by atoms with Gasteiger partial charge in [-0.1, -0.05) is 17.3 Å². The van der Waals surface area contributed by atoms with Gasteiger partial charge in [0.05, 0.1) is 17.9 Å². The molecule has 0 atom stereocenters. The van der Waals surface area contributed by atoms with E-state index in [-0.39, 0.29) is 5.91 Å². The smallest absolute Gasteiger partial charge is 0.252 e. The minimum Gasteiger partial charge on any atom is -0.375 e. The first-order valence-corrected chi connectivity index (χ1v) is 8.40. The van der Waals surface area contributed by atoms with E-state index in [2.05, 4.69) is 25.7 Å². The van der Waals surface area contributed by atoms with Gasteiger partial charge in [0, 0.05) is 20.2 Å². The highest BCUT2D eigenvalue weighted by atomic mass is 16.5. The fraction of sp³-hybridized carbons (Fsp3) is 0.471. The van der Waals surface area contributed by atoms with Crippen LogP contribution in [0.4, 0.5) is 11.4 Å². The summed E-state index contributed by atoms with van der Waals surface area (Å²) in [5, 5.41) is 10.5. The Morgan fingerprint density at radius 3 is 2.80 bits per heavy atom. The normalized spacial score (nSPS) is 19.3. The third-order valence-corrected chi connectivity index (χ3v) is 4.84. The van der Waals surface area contributed by atoms with Crippen LogP contribution in [-0.2, 0) is 22.7 Å². The van der Waals surface area contributed by atoms with E-state index in [1.54, 1.807) is 7.11 Å². The summed E-state index contributed by atoms with van der Waals surface area (Å²) < 4.78 is 10.1. The molecule has 0 unspecified atom stereocenters. The lowest BCUT2D eigenvalue weighted by atomic mass is 9.84. The molecule has 2 aromatic rings. The summed E-state index contributed by atoms with van der Waals surface area (Å²) in [4.78, 5) is 19.2. The summed E-state index contributed by atoms with van der Waals surface area (Å²) in [7, 11) is 1.59. The monoisotopic (exact) mass is 343 g/mol.